The van der Waals surface area contributed by atoms with Crippen LogP contribution in [0, 0.1) is 13.8 Å². The number of amides is 1. The van der Waals surface area contributed by atoms with Crippen LogP contribution < -0.4 is 15.1 Å². The standard InChI is InChI=1S/C25H23N5O2S/c1-17-7-11-19(12-8-17)24-28-29-25(30(24)21-13-9-18(2)10-14-21)33-16-23(32)27-26-15-20-5-3-4-6-22(20)31/h3-15H,16H2,1-2H3,(H2,26,27,31,32). The molecule has 7 nitrogen and oxygen atoms in total. The quantitative estimate of drug-likeness (QED) is 0.193. The average molecular weight is 458 g/mol. The number of carbonyl (C=O) groups is 1. The van der Waals surface area contributed by atoms with Crippen LogP contribution in [0.4, 0.5) is 0 Å². The molecule has 0 aliphatic heterocycles. The topological polar surface area (TPSA) is 97.1 Å². The molecular formula is C25H23N5O2S. The molecule has 4 rings (SSSR count). The number of hydrogen-bond donors (Lipinski definition) is 2. The van der Waals surface area contributed by atoms with Gasteiger partial charge in [0.25, 0.3) is 11.7 Å². The minimum Gasteiger partial charge on any atom is -0.872 e. The highest BCUT2D eigenvalue weighted by Gasteiger charge is 2.24. The molecule has 2 N–H and O–H groups in total. The lowest BCUT2D eigenvalue weighted by Gasteiger charge is -2.07. The number of benzene rings is 3. The normalized spacial score (nSPS) is 11.1. The van der Waals surface area contributed by atoms with Crippen molar-refractivity contribution in [3.05, 3.63) is 89.5 Å². The third kappa shape index (κ3) is 5.48. The first kappa shape index (κ1) is 22.3. The lowest BCUT2D eigenvalue weighted by atomic mass is 10.1. The van der Waals surface area contributed by atoms with Crippen molar-refractivity contribution in [2.75, 3.05) is 5.75 Å². The van der Waals surface area contributed by atoms with Gasteiger partial charge in [0.1, 0.15) is 5.69 Å². The molecule has 166 valence electrons. The molecule has 8 heteroatoms. The minimum absolute atomic E-state index is 0.112. The maximum atomic E-state index is 12.3. The van der Waals surface area contributed by atoms with Crippen LogP contribution in [0.2, 0.25) is 0 Å². The van der Waals surface area contributed by atoms with Gasteiger partial charge in [-0.2, -0.15) is 9.67 Å². The summed E-state index contributed by atoms with van der Waals surface area (Å²) >= 11 is 1.30. The molecule has 0 saturated carbocycles. The van der Waals surface area contributed by atoms with Crippen LogP contribution >= 0.6 is 11.8 Å². The monoisotopic (exact) mass is 457 g/mol. The number of carbonyl (C=O) groups excluding carboxylic acids is 1. The van der Waals surface area contributed by atoms with Crippen molar-refractivity contribution in [3.8, 4) is 22.8 Å². The smallest absolute Gasteiger partial charge is 0.342 e. The van der Waals surface area contributed by atoms with E-state index in [-0.39, 0.29) is 17.4 Å². The lowest BCUT2D eigenvalue weighted by molar-refractivity contribution is -0.625. The van der Waals surface area contributed by atoms with Crippen molar-refractivity contribution in [3.63, 3.8) is 0 Å². The van der Waals surface area contributed by atoms with E-state index in [9.17, 15) is 9.90 Å². The van der Waals surface area contributed by atoms with E-state index in [1.54, 1.807) is 18.2 Å². The van der Waals surface area contributed by atoms with Gasteiger partial charge in [-0.15, -0.1) is 5.10 Å². The number of rotatable bonds is 7. The molecule has 0 saturated heterocycles. The molecule has 0 fully saturated rings. The summed E-state index contributed by atoms with van der Waals surface area (Å²) in [5, 5.41) is 23.8. The van der Waals surface area contributed by atoms with Gasteiger partial charge in [0.05, 0.1) is 22.6 Å². The van der Waals surface area contributed by atoms with Gasteiger partial charge in [-0.1, -0.05) is 65.4 Å². The Balaban J connectivity index is 1.52. The molecule has 4 aromatic rings. The van der Waals surface area contributed by atoms with Crippen molar-refractivity contribution < 1.29 is 14.5 Å². The number of hydrogen-bond acceptors (Lipinski definition) is 5. The third-order valence-corrected chi connectivity index (χ3v) is 5.87. The third-order valence-electron chi connectivity index (χ3n) is 4.93. The van der Waals surface area contributed by atoms with Gasteiger partial charge in [0.2, 0.25) is 0 Å². The number of H-pyrrole nitrogens is 1. The van der Waals surface area contributed by atoms with Crippen molar-refractivity contribution in [2.24, 2.45) is 5.10 Å². The highest BCUT2D eigenvalue weighted by atomic mass is 32.2. The molecular weight excluding hydrogens is 434 g/mol. The summed E-state index contributed by atoms with van der Waals surface area (Å²) in [7, 11) is 0. The van der Waals surface area contributed by atoms with E-state index in [1.165, 1.54) is 29.6 Å². The second kappa shape index (κ2) is 10.1. The Morgan fingerprint density at radius 1 is 1.06 bits per heavy atom. The first-order chi connectivity index (χ1) is 16.0. The SMILES string of the molecule is Cc1ccc(-c2[nH]nc(SCC(=O)N/N=C/c3ccccc3[O-])[n+]2-c2ccc(C)cc2)cc1. The number of nitrogens with one attached hydrogen (secondary N) is 2. The zero-order valence-electron chi connectivity index (χ0n) is 18.3. The number of hydrazone groups is 1. The van der Waals surface area contributed by atoms with E-state index in [1.807, 2.05) is 66.9 Å². The van der Waals surface area contributed by atoms with E-state index >= 15 is 0 Å². The Kier molecular flexibility index (Phi) is 6.85. The largest absolute Gasteiger partial charge is 0.872 e. The molecule has 1 heterocycles. The lowest BCUT2D eigenvalue weighted by Crippen LogP contribution is -2.34. The Morgan fingerprint density at radius 2 is 1.73 bits per heavy atom. The Hall–Kier alpha value is -3.91. The number of aromatic amines is 1. The van der Waals surface area contributed by atoms with Gasteiger partial charge in [0, 0.05) is 0 Å². The second-order valence-electron chi connectivity index (χ2n) is 7.51. The van der Waals surface area contributed by atoms with Gasteiger partial charge in [-0.05, 0) is 55.4 Å². The molecule has 0 aliphatic rings. The summed E-state index contributed by atoms with van der Waals surface area (Å²) in [4.78, 5) is 12.3. The summed E-state index contributed by atoms with van der Waals surface area (Å²) in [6.45, 7) is 4.08. The fourth-order valence-corrected chi connectivity index (χ4v) is 3.92. The zero-order valence-corrected chi connectivity index (χ0v) is 19.1. The van der Waals surface area contributed by atoms with E-state index in [2.05, 4.69) is 20.7 Å². The van der Waals surface area contributed by atoms with Crippen LogP contribution in [0.15, 0.2) is 83.1 Å². The average Bonchev–Trinajstić information content (AvgIpc) is 3.24. The molecule has 1 aromatic heterocycles. The summed E-state index contributed by atoms with van der Waals surface area (Å²) in [5.74, 6) is 0.492. The molecule has 0 spiro atoms. The van der Waals surface area contributed by atoms with Gasteiger partial charge in [-0.3, -0.25) is 4.79 Å². The predicted molar refractivity (Wildman–Crippen MR) is 127 cm³/mol. The molecule has 33 heavy (non-hydrogen) atoms. The van der Waals surface area contributed by atoms with E-state index in [4.69, 9.17) is 0 Å². The van der Waals surface area contributed by atoms with E-state index in [0.29, 0.717) is 10.7 Å². The van der Waals surface area contributed by atoms with Crippen LogP contribution in [-0.4, -0.2) is 28.1 Å². The van der Waals surface area contributed by atoms with Crippen LogP contribution in [0.3, 0.4) is 0 Å². The highest BCUT2D eigenvalue weighted by Crippen LogP contribution is 2.21. The molecule has 1 amide bonds. The maximum Gasteiger partial charge on any atom is 0.342 e. The number of para-hydroxylation sites is 1. The first-order valence-corrected chi connectivity index (χ1v) is 11.3. The van der Waals surface area contributed by atoms with Gasteiger partial charge < -0.3 is 5.11 Å². The molecule has 0 radical (unpaired) electrons. The van der Waals surface area contributed by atoms with Crippen LogP contribution in [0.5, 0.6) is 5.75 Å². The van der Waals surface area contributed by atoms with Crippen molar-refractivity contribution in [2.45, 2.75) is 19.0 Å². The Labute approximate surface area is 196 Å². The Bertz CT molecular complexity index is 1280. The van der Waals surface area contributed by atoms with Crippen molar-refractivity contribution >= 4 is 23.9 Å². The highest BCUT2D eigenvalue weighted by molar-refractivity contribution is 7.99. The van der Waals surface area contributed by atoms with E-state index < -0.39 is 0 Å². The van der Waals surface area contributed by atoms with Crippen LogP contribution in [0.25, 0.3) is 17.1 Å². The fraction of sp³-hybridized carbons (Fsp3) is 0.120. The van der Waals surface area contributed by atoms with Crippen molar-refractivity contribution in [1.29, 1.82) is 0 Å². The summed E-state index contributed by atoms with van der Waals surface area (Å²) in [5.41, 5.74) is 7.14. The van der Waals surface area contributed by atoms with Gasteiger partial charge in [0.15, 0.2) is 0 Å². The summed E-state index contributed by atoms with van der Waals surface area (Å²) in [6, 6.07) is 22.8. The van der Waals surface area contributed by atoms with Crippen LogP contribution in [-0.2, 0) is 4.79 Å². The number of thioether (sulfide) groups is 1. The molecule has 0 atom stereocenters. The van der Waals surface area contributed by atoms with Gasteiger partial charge in [-0.25, -0.2) is 5.43 Å². The summed E-state index contributed by atoms with van der Waals surface area (Å²) < 4.78 is 2.00. The fourth-order valence-electron chi connectivity index (χ4n) is 3.16. The molecule has 0 unspecified atom stereocenters. The minimum atomic E-state index is -0.296. The maximum absolute atomic E-state index is 12.3. The van der Waals surface area contributed by atoms with E-state index in [0.717, 1.165) is 22.6 Å². The second-order valence-corrected chi connectivity index (χ2v) is 8.45. The van der Waals surface area contributed by atoms with Crippen LogP contribution in [0.1, 0.15) is 16.7 Å². The molecule has 3 aromatic carbocycles. The zero-order chi connectivity index (χ0) is 23.2. The molecule has 0 aliphatic carbocycles. The number of aromatic nitrogens is 3. The number of nitrogens with zero attached hydrogens (tertiary/aromatic N) is 3. The Morgan fingerprint density at radius 3 is 2.42 bits per heavy atom. The number of aryl methyl sites for hydroxylation is 2. The van der Waals surface area contributed by atoms with Gasteiger partial charge >= 0.3 is 5.16 Å². The molecule has 0 bridgehead atoms. The predicted octanol–water partition coefficient (Wildman–Crippen LogP) is 3.29. The first-order valence-electron chi connectivity index (χ1n) is 10.4. The van der Waals surface area contributed by atoms with Crippen molar-refractivity contribution in [1.82, 2.24) is 15.6 Å². The summed E-state index contributed by atoms with van der Waals surface area (Å²) in [6.07, 6.45) is 1.35.